The predicted octanol–water partition coefficient (Wildman–Crippen LogP) is 0.709. The summed E-state index contributed by atoms with van der Waals surface area (Å²) < 4.78 is 0. The number of hydrogen-bond acceptors (Lipinski definition) is 2. The van der Waals surface area contributed by atoms with Crippen molar-refractivity contribution in [3.63, 3.8) is 0 Å². The van der Waals surface area contributed by atoms with Gasteiger partial charge in [-0.25, -0.2) is 0 Å². The predicted molar refractivity (Wildman–Crippen MR) is 45.7 cm³/mol. The molecule has 12 heavy (non-hydrogen) atoms. The molecule has 4 heteroatoms. The van der Waals surface area contributed by atoms with E-state index in [1.165, 1.54) is 5.98 Å². The van der Waals surface area contributed by atoms with Crippen LogP contribution >= 0.6 is 0 Å². The second kappa shape index (κ2) is 6.03. The summed E-state index contributed by atoms with van der Waals surface area (Å²) in [6.45, 7) is 0. The van der Waals surface area contributed by atoms with Crippen molar-refractivity contribution < 1.29 is 27.1 Å². The van der Waals surface area contributed by atoms with E-state index in [4.69, 9.17) is 10.0 Å². The minimum atomic E-state index is -1.37. The molecule has 0 atom stereocenters. The average Bonchev–Trinajstić information content (AvgIpc) is 2.03. The second-order valence-corrected chi connectivity index (χ2v) is 2.18. The third-order valence-corrected chi connectivity index (χ3v) is 1.26. The van der Waals surface area contributed by atoms with Crippen LogP contribution < -0.4 is 0 Å². The Kier molecular flexibility index (Phi) is 5.76. The summed E-state index contributed by atoms with van der Waals surface area (Å²) in [6.07, 6.45) is 1.66. The Labute approximate surface area is 82.5 Å². The summed E-state index contributed by atoms with van der Waals surface area (Å²) in [5.74, 6) is 1.31. The molecule has 0 aliphatic heterocycles. The molecule has 0 saturated carbocycles. The first kappa shape index (κ1) is 11.5. The molecule has 0 radical (unpaired) electrons. The molecule has 0 amide bonds. The van der Waals surface area contributed by atoms with Crippen molar-refractivity contribution in [2.45, 2.75) is 0 Å². The van der Waals surface area contributed by atoms with Crippen LogP contribution in [0, 0.1) is 0 Å². The fourth-order valence-corrected chi connectivity index (χ4v) is 0.761. The zero-order chi connectivity index (χ0) is 8.10. The van der Waals surface area contributed by atoms with Crippen molar-refractivity contribution in [1.29, 1.82) is 0 Å². The van der Waals surface area contributed by atoms with Gasteiger partial charge in [0, 0.05) is 17.1 Å². The maximum Gasteiger partial charge on any atom is 0.480 e. The van der Waals surface area contributed by atoms with E-state index in [0.29, 0.717) is 0 Å². The Morgan fingerprint density at radius 2 is 1.67 bits per heavy atom. The number of benzene rings is 1. The molecule has 0 unspecified atom stereocenters. The molecule has 2 N–H and O–H groups in total. The average molecular weight is 204 g/mol. The van der Waals surface area contributed by atoms with Gasteiger partial charge in [-0.15, -0.1) is 0 Å². The Morgan fingerprint density at radius 1 is 1.08 bits per heavy atom. The van der Waals surface area contributed by atoms with E-state index in [1.807, 2.05) is 30.3 Å². The van der Waals surface area contributed by atoms with E-state index in [-0.39, 0.29) is 17.1 Å². The molecule has 0 saturated heterocycles. The van der Waals surface area contributed by atoms with Crippen molar-refractivity contribution in [2.24, 2.45) is 0 Å². The first-order valence-electron chi connectivity index (χ1n) is 3.38. The van der Waals surface area contributed by atoms with Gasteiger partial charge in [-0.05, 0) is 5.56 Å². The first-order valence-corrected chi connectivity index (χ1v) is 3.38. The Bertz CT molecular complexity index is 236. The number of rotatable bonds is 2. The van der Waals surface area contributed by atoms with Gasteiger partial charge in [-0.2, -0.15) is 0 Å². The minimum absolute atomic E-state index is 0. The third kappa shape index (κ3) is 4.36. The molecule has 0 fully saturated rings. The molecule has 1 rings (SSSR count). The topological polar surface area (TPSA) is 40.5 Å². The molecule has 0 spiro atoms. The van der Waals surface area contributed by atoms with E-state index in [0.717, 1.165) is 5.56 Å². The van der Waals surface area contributed by atoms with E-state index in [9.17, 15) is 0 Å². The summed E-state index contributed by atoms with van der Waals surface area (Å²) in [7, 11) is -1.37. The van der Waals surface area contributed by atoms with Crippen LogP contribution in [0.3, 0.4) is 0 Å². The summed E-state index contributed by atoms with van der Waals surface area (Å²) in [5, 5.41) is 17.0. The van der Waals surface area contributed by atoms with E-state index in [1.54, 1.807) is 6.08 Å². The molecular weight excluding hydrogens is 195 g/mol. The molecule has 0 aliphatic rings. The Morgan fingerprint density at radius 3 is 2.17 bits per heavy atom. The zero-order valence-corrected chi connectivity index (χ0v) is 7.47. The van der Waals surface area contributed by atoms with Gasteiger partial charge in [0.2, 0.25) is 0 Å². The maximum atomic E-state index is 8.48. The standard InChI is InChI=1S/C8H9BO2.Fe/c10-9(11)7-6-8-4-2-1-3-5-8;/h1-7,10-11H;. The van der Waals surface area contributed by atoms with Crippen molar-refractivity contribution >= 4 is 13.2 Å². The summed E-state index contributed by atoms with van der Waals surface area (Å²) in [5.41, 5.74) is 0.959. The quantitative estimate of drug-likeness (QED) is 0.696. The smallest absolute Gasteiger partial charge is 0.424 e. The minimum Gasteiger partial charge on any atom is -0.424 e. The molecule has 0 aromatic heterocycles. The van der Waals surface area contributed by atoms with Gasteiger partial charge in [-0.3, -0.25) is 0 Å². The van der Waals surface area contributed by atoms with E-state index < -0.39 is 7.12 Å². The van der Waals surface area contributed by atoms with Gasteiger partial charge in [0.15, 0.2) is 0 Å². The summed E-state index contributed by atoms with van der Waals surface area (Å²) in [4.78, 5) is 0. The van der Waals surface area contributed by atoms with Crippen LogP contribution in [0.5, 0.6) is 0 Å². The van der Waals surface area contributed by atoms with E-state index in [2.05, 4.69) is 0 Å². The van der Waals surface area contributed by atoms with Gasteiger partial charge < -0.3 is 10.0 Å². The third-order valence-electron chi connectivity index (χ3n) is 1.26. The van der Waals surface area contributed by atoms with Crippen LogP contribution in [0.4, 0.5) is 0 Å². The van der Waals surface area contributed by atoms with Crippen molar-refractivity contribution in [2.75, 3.05) is 0 Å². The molecule has 0 heterocycles. The largest absolute Gasteiger partial charge is 0.480 e. The van der Waals surface area contributed by atoms with Gasteiger partial charge in [0.25, 0.3) is 0 Å². The fraction of sp³-hybridized carbons (Fsp3) is 0. The molecular formula is C8H9BFeO2. The van der Waals surface area contributed by atoms with Crippen molar-refractivity contribution in [3.8, 4) is 0 Å². The monoisotopic (exact) mass is 204 g/mol. The molecule has 0 aliphatic carbocycles. The SMILES string of the molecule is OB(O)C=Cc1ccccc1.[Fe]. The van der Waals surface area contributed by atoms with Gasteiger partial charge in [0.05, 0.1) is 0 Å². The summed E-state index contributed by atoms with van der Waals surface area (Å²) in [6, 6.07) is 9.47. The second-order valence-electron chi connectivity index (χ2n) is 2.18. The zero-order valence-electron chi connectivity index (χ0n) is 6.37. The molecule has 1 aromatic carbocycles. The molecule has 1 aromatic rings. The van der Waals surface area contributed by atoms with Crippen LogP contribution in [0.1, 0.15) is 5.56 Å². The van der Waals surface area contributed by atoms with Gasteiger partial charge >= 0.3 is 7.12 Å². The first-order chi connectivity index (χ1) is 5.29. The van der Waals surface area contributed by atoms with Crippen molar-refractivity contribution in [3.05, 3.63) is 41.9 Å². The molecule has 0 bridgehead atoms. The van der Waals surface area contributed by atoms with Gasteiger partial charge in [0.1, 0.15) is 0 Å². The van der Waals surface area contributed by atoms with Crippen LogP contribution in [-0.4, -0.2) is 17.2 Å². The van der Waals surface area contributed by atoms with E-state index >= 15 is 0 Å². The van der Waals surface area contributed by atoms with Crippen LogP contribution in [0.2, 0.25) is 0 Å². The van der Waals surface area contributed by atoms with Crippen LogP contribution in [0.25, 0.3) is 6.08 Å². The normalized spacial score (nSPS) is 9.50. The maximum absolute atomic E-state index is 8.48. The van der Waals surface area contributed by atoms with Crippen LogP contribution in [-0.2, 0) is 17.1 Å². The Hall–Kier alpha value is -0.536. The Balaban J connectivity index is 0.00000121. The van der Waals surface area contributed by atoms with Gasteiger partial charge in [-0.1, -0.05) is 42.4 Å². The molecule has 2 nitrogen and oxygen atoms in total. The fourth-order valence-electron chi connectivity index (χ4n) is 0.761. The van der Waals surface area contributed by atoms with Crippen LogP contribution in [0.15, 0.2) is 36.3 Å². The summed E-state index contributed by atoms with van der Waals surface area (Å²) >= 11 is 0. The number of hydrogen-bond donors (Lipinski definition) is 2. The molecule has 64 valence electrons. The van der Waals surface area contributed by atoms with Crippen molar-refractivity contribution in [1.82, 2.24) is 0 Å².